The maximum absolute atomic E-state index is 12.8. The summed E-state index contributed by atoms with van der Waals surface area (Å²) in [5.74, 6) is -0.0248. The highest BCUT2D eigenvalue weighted by Crippen LogP contribution is 2.38. The Morgan fingerprint density at radius 2 is 1.90 bits per heavy atom. The summed E-state index contributed by atoms with van der Waals surface area (Å²) in [6.07, 6.45) is 1.84. The molecule has 1 amide bonds. The molecular formula is C15H20N2O3S. The largest absolute Gasteiger partial charge is 0.332 e. The quantitative estimate of drug-likeness (QED) is 0.838. The molecule has 6 heteroatoms. The zero-order valence-electron chi connectivity index (χ0n) is 12.4. The molecule has 1 atom stereocenters. The third kappa shape index (κ3) is 2.26. The SMILES string of the molecule is CC(=O)N1Cc2c(cccc2S(=O)(=O)N2CCCC2)[C@@H]1C. The molecule has 21 heavy (non-hydrogen) atoms. The van der Waals surface area contributed by atoms with Crippen LogP contribution in [0.2, 0.25) is 0 Å². The van der Waals surface area contributed by atoms with Crippen molar-refractivity contribution in [2.45, 2.75) is 44.2 Å². The van der Waals surface area contributed by atoms with Crippen LogP contribution in [0.3, 0.4) is 0 Å². The standard InChI is InChI=1S/C15H20N2O3S/c1-11-13-6-5-7-15(14(13)10-17(11)12(2)18)21(19,20)16-8-3-4-9-16/h5-7,11H,3-4,8-10H2,1-2H3/t11-/m0/s1. The molecule has 0 unspecified atom stereocenters. The van der Waals surface area contributed by atoms with Crippen molar-refractivity contribution < 1.29 is 13.2 Å². The number of carbonyl (C=O) groups is 1. The van der Waals surface area contributed by atoms with Gasteiger partial charge in [0, 0.05) is 26.6 Å². The molecule has 0 aliphatic carbocycles. The molecule has 1 saturated heterocycles. The number of sulfonamides is 1. The van der Waals surface area contributed by atoms with E-state index in [0.717, 1.165) is 24.0 Å². The molecule has 0 saturated carbocycles. The van der Waals surface area contributed by atoms with E-state index >= 15 is 0 Å². The third-order valence-electron chi connectivity index (χ3n) is 4.50. The van der Waals surface area contributed by atoms with Gasteiger partial charge in [-0.1, -0.05) is 12.1 Å². The predicted octanol–water partition coefficient (Wildman–Crippen LogP) is 1.89. The second kappa shape index (κ2) is 5.10. The van der Waals surface area contributed by atoms with E-state index in [1.165, 1.54) is 6.92 Å². The van der Waals surface area contributed by atoms with Crippen LogP contribution < -0.4 is 0 Å². The highest BCUT2D eigenvalue weighted by Gasteiger charge is 2.36. The normalized spacial score (nSPS) is 22.6. The van der Waals surface area contributed by atoms with Crippen molar-refractivity contribution in [1.29, 1.82) is 0 Å². The fraction of sp³-hybridized carbons (Fsp3) is 0.533. The summed E-state index contributed by atoms with van der Waals surface area (Å²) in [7, 11) is -3.44. The van der Waals surface area contributed by atoms with Crippen molar-refractivity contribution in [3.05, 3.63) is 29.3 Å². The van der Waals surface area contributed by atoms with Crippen LogP contribution >= 0.6 is 0 Å². The van der Waals surface area contributed by atoms with Crippen LogP contribution in [0.4, 0.5) is 0 Å². The fourth-order valence-corrected chi connectivity index (χ4v) is 5.07. The molecule has 0 aromatic heterocycles. The lowest BCUT2D eigenvalue weighted by molar-refractivity contribution is -0.130. The maximum Gasteiger partial charge on any atom is 0.243 e. The summed E-state index contributed by atoms with van der Waals surface area (Å²) < 4.78 is 27.2. The predicted molar refractivity (Wildman–Crippen MR) is 79.1 cm³/mol. The zero-order chi connectivity index (χ0) is 15.2. The number of hydrogen-bond donors (Lipinski definition) is 0. The number of carbonyl (C=O) groups excluding carboxylic acids is 1. The van der Waals surface area contributed by atoms with E-state index in [1.54, 1.807) is 21.3 Å². The Kier molecular flexibility index (Phi) is 3.53. The highest BCUT2D eigenvalue weighted by molar-refractivity contribution is 7.89. The Morgan fingerprint density at radius 3 is 2.52 bits per heavy atom. The van der Waals surface area contributed by atoms with Crippen LogP contribution in [0.1, 0.15) is 43.9 Å². The van der Waals surface area contributed by atoms with Crippen LogP contribution in [-0.2, 0) is 21.4 Å². The Morgan fingerprint density at radius 1 is 1.24 bits per heavy atom. The second-order valence-corrected chi connectivity index (χ2v) is 7.66. The molecule has 1 aromatic rings. The van der Waals surface area contributed by atoms with Gasteiger partial charge in [0.1, 0.15) is 0 Å². The van der Waals surface area contributed by atoms with Gasteiger partial charge in [-0.05, 0) is 37.0 Å². The van der Waals surface area contributed by atoms with Gasteiger partial charge < -0.3 is 4.90 Å². The van der Waals surface area contributed by atoms with Crippen LogP contribution in [0, 0.1) is 0 Å². The molecule has 0 N–H and O–H groups in total. The first-order chi connectivity index (χ1) is 9.93. The van der Waals surface area contributed by atoms with E-state index in [4.69, 9.17) is 0 Å². The number of benzene rings is 1. The lowest BCUT2D eigenvalue weighted by Crippen LogP contribution is -2.29. The third-order valence-corrected chi connectivity index (χ3v) is 6.49. The average molecular weight is 308 g/mol. The minimum atomic E-state index is -3.44. The molecular weight excluding hydrogens is 288 g/mol. The van der Waals surface area contributed by atoms with Crippen molar-refractivity contribution in [3.63, 3.8) is 0 Å². The number of amides is 1. The average Bonchev–Trinajstić information content (AvgIpc) is 3.07. The highest BCUT2D eigenvalue weighted by atomic mass is 32.2. The molecule has 114 valence electrons. The van der Waals surface area contributed by atoms with Crippen molar-refractivity contribution in [3.8, 4) is 0 Å². The fourth-order valence-electron chi connectivity index (χ4n) is 3.31. The molecule has 1 fully saturated rings. The summed E-state index contributed by atoms with van der Waals surface area (Å²) in [6, 6.07) is 5.31. The summed E-state index contributed by atoms with van der Waals surface area (Å²) in [5, 5.41) is 0. The van der Waals surface area contributed by atoms with Crippen molar-refractivity contribution >= 4 is 15.9 Å². The van der Waals surface area contributed by atoms with Gasteiger partial charge in [0.25, 0.3) is 0 Å². The van der Waals surface area contributed by atoms with Gasteiger partial charge in [0.2, 0.25) is 15.9 Å². The number of fused-ring (bicyclic) bond motifs is 1. The minimum absolute atomic E-state index is 0.0248. The Bertz CT molecular complexity index is 678. The van der Waals surface area contributed by atoms with E-state index in [9.17, 15) is 13.2 Å². The van der Waals surface area contributed by atoms with E-state index in [2.05, 4.69) is 0 Å². The second-order valence-electron chi connectivity index (χ2n) is 5.76. The smallest absolute Gasteiger partial charge is 0.243 e. The van der Waals surface area contributed by atoms with Crippen molar-refractivity contribution in [2.75, 3.05) is 13.1 Å². The van der Waals surface area contributed by atoms with Gasteiger partial charge in [-0.25, -0.2) is 8.42 Å². The van der Waals surface area contributed by atoms with Gasteiger partial charge in [0.05, 0.1) is 10.9 Å². The molecule has 2 heterocycles. The molecule has 2 aliphatic heterocycles. The lowest BCUT2D eigenvalue weighted by atomic mass is 10.1. The van der Waals surface area contributed by atoms with E-state index < -0.39 is 10.0 Å². The Balaban J connectivity index is 2.06. The summed E-state index contributed by atoms with van der Waals surface area (Å²) >= 11 is 0. The first-order valence-corrected chi connectivity index (χ1v) is 8.76. The molecule has 0 bridgehead atoms. The molecule has 0 radical (unpaired) electrons. The van der Waals surface area contributed by atoms with Gasteiger partial charge in [-0.2, -0.15) is 4.31 Å². The monoisotopic (exact) mass is 308 g/mol. The van der Waals surface area contributed by atoms with Gasteiger partial charge >= 0.3 is 0 Å². The molecule has 2 aliphatic rings. The van der Waals surface area contributed by atoms with Gasteiger partial charge in [0.15, 0.2) is 0 Å². The number of rotatable bonds is 2. The molecule has 0 spiro atoms. The topological polar surface area (TPSA) is 57.7 Å². The Hall–Kier alpha value is -1.40. The van der Waals surface area contributed by atoms with E-state index in [1.807, 2.05) is 13.0 Å². The van der Waals surface area contributed by atoms with Gasteiger partial charge in [-0.15, -0.1) is 0 Å². The maximum atomic E-state index is 12.8. The summed E-state index contributed by atoms with van der Waals surface area (Å²) in [6.45, 7) is 5.04. The van der Waals surface area contributed by atoms with Crippen molar-refractivity contribution in [1.82, 2.24) is 9.21 Å². The zero-order valence-corrected chi connectivity index (χ0v) is 13.2. The first-order valence-electron chi connectivity index (χ1n) is 7.32. The first kappa shape index (κ1) is 14.5. The number of hydrogen-bond acceptors (Lipinski definition) is 3. The Labute approximate surface area is 125 Å². The van der Waals surface area contributed by atoms with Crippen LogP contribution in [-0.4, -0.2) is 36.6 Å². The number of nitrogens with zero attached hydrogens (tertiary/aromatic N) is 2. The molecule has 1 aromatic carbocycles. The van der Waals surface area contributed by atoms with Crippen LogP contribution in [0.25, 0.3) is 0 Å². The van der Waals surface area contributed by atoms with Crippen LogP contribution in [0.15, 0.2) is 23.1 Å². The van der Waals surface area contributed by atoms with E-state index in [-0.39, 0.29) is 11.9 Å². The van der Waals surface area contributed by atoms with E-state index in [0.29, 0.717) is 24.5 Å². The minimum Gasteiger partial charge on any atom is -0.332 e. The summed E-state index contributed by atoms with van der Waals surface area (Å²) in [5.41, 5.74) is 1.73. The van der Waals surface area contributed by atoms with Crippen molar-refractivity contribution in [2.24, 2.45) is 0 Å². The molecule has 5 nitrogen and oxygen atoms in total. The summed E-state index contributed by atoms with van der Waals surface area (Å²) in [4.78, 5) is 13.8. The van der Waals surface area contributed by atoms with Gasteiger partial charge in [-0.3, -0.25) is 4.79 Å². The van der Waals surface area contributed by atoms with Crippen LogP contribution in [0.5, 0.6) is 0 Å². The molecule has 3 rings (SSSR count). The lowest BCUT2D eigenvalue weighted by Gasteiger charge is -2.19.